The maximum absolute atomic E-state index is 13.4. The van der Waals surface area contributed by atoms with Crippen LogP contribution in [0.15, 0.2) is 0 Å². The van der Waals surface area contributed by atoms with Crippen LogP contribution < -0.4 is 0 Å². The van der Waals surface area contributed by atoms with Gasteiger partial charge in [-0.1, -0.05) is 20.8 Å². The lowest BCUT2D eigenvalue weighted by Crippen LogP contribution is -2.67. The summed E-state index contributed by atoms with van der Waals surface area (Å²) in [5.41, 5.74) is -9.40. The minimum absolute atomic E-state index is 0.792. The molecule has 0 amide bonds. The van der Waals surface area contributed by atoms with E-state index in [0.717, 1.165) is 0 Å². The van der Waals surface area contributed by atoms with Crippen LogP contribution in [0.1, 0.15) is 27.7 Å². The molecular formula is C20H24O11. The van der Waals surface area contributed by atoms with Gasteiger partial charge in [0.15, 0.2) is 17.8 Å². The zero-order chi connectivity index (χ0) is 22.7. The monoisotopic (exact) mass is 440 g/mol. The number of carbonyl (C=O) groups excluding carboxylic acids is 3. The molecule has 4 heterocycles. The molecule has 6 fully saturated rings. The Morgan fingerprint density at radius 1 is 0.935 bits per heavy atom. The van der Waals surface area contributed by atoms with Crippen LogP contribution in [-0.2, 0) is 33.3 Å². The van der Waals surface area contributed by atoms with Gasteiger partial charge in [0.25, 0.3) is 0 Å². The van der Waals surface area contributed by atoms with Gasteiger partial charge >= 0.3 is 17.9 Å². The summed E-state index contributed by atoms with van der Waals surface area (Å²) in [5, 5.41) is 46.1. The van der Waals surface area contributed by atoms with Crippen LogP contribution in [0, 0.1) is 28.1 Å². The highest BCUT2D eigenvalue weighted by atomic mass is 16.8. The summed E-state index contributed by atoms with van der Waals surface area (Å²) < 4.78 is 22.2. The number of aliphatic hydroxyl groups excluding tert-OH is 3. The molecule has 6 aliphatic rings. The maximum Gasteiger partial charge on any atom is 0.343 e. The minimum atomic E-state index is -2.40. The Kier molecular flexibility index (Phi) is 3.15. The van der Waals surface area contributed by atoms with E-state index < -0.39 is 94.0 Å². The molecule has 31 heavy (non-hydrogen) atoms. The summed E-state index contributed by atoms with van der Waals surface area (Å²) in [4.78, 5) is 38.3. The molecule has 170 valence electrons. The van der Waals surface area contributed by atoms with E-state index in [0.29, 0.717) is 0 Å². The van der Waals surface area contributed by atoms with Crippen LogP contribution in [-0.4, -0.2) is 86.3 Å². The van der Waals surface area contributed by atoms with Crippen molar-refractivity contribution in [3.8, 4) is 0 Å². The van der Waals surface area contributed by atoms with Crippen molar-refractivity contribution in [2.75, 3.05) is 0 Å². The van der Waals surface area contributed by atoms with E-state index in [2.05, 4.69) is 0 Å². The lowest BCUT2D eigenvalue weighted by molar-refractivity contribution is -0.240. The number of fused-ring (bicyclic) bond motifs is 1. The van der Waals surface area contributed by atoms with E-state index in [1.54, 1.807) is 20.8 Å². The summed E-state index contributed by atoms with van der Waals surface area (Å²) in [6.45, 7) is 6.63. The molecule has 2 saturated carbocycles. The van der Waals surface area contributed by atoms with Crippen LogP contribution in [0.25, 0.3) is 0 Å². The summed E-state index contributed by atoms with van der Waals surface area (Å²) in [6.07, 6.45) is -9.69. The molecule has 7 unspecified atom stereocenters. The van der Waals surface area contributed by atoms with E-state index in [1.807, 2.05) is 0 Å². The van der Waals surface area contributed by atoms with Crippen molar-refractivity contribution in [3.63, 3.8) is 0 Å². The number of ether oxygens (including phenoxy) is 4. The van der Waals surface area contributed by atoms with Crippen molar-refractivity contribution in [3.05, 3.63) is 0 Å². The molecule has 11 nitrogen and oxygen atoms in total. The average molecular weight is 440 g/mol. The van der Waals surface area contributed by atoms with Gasteiger partial charge in [-0.3, -0.25) is 4.79 Å². The third-order valence-electron chi connectivity index (χ3n) is 8.95. The Morgan fingerprint density at radius 3 is 2.19 bits per heavy atom. The lowest BCUT2D eigenvalue weighted by Gasteiger charge is -2.47. The van der Waals surface area contributed by atoms with Gasteiger partial charge in [0.05, 0.1) is 22.9 Å². The fraction of sp³-hybridized carbons (Fsp3) is 0.850. The van der Waals surface area contributed by atoms with Crippen LogP contribution in [0.2, 0.25) is 0 Å². The highest BCUT2D eigenvalue weighted by molar-refractivity contribution is 5.94. The van der Waals surface area contributed by atoms with E-state index >= 15 is 0 Å². The van der Waals surface area contributed by atoms with Gasteiger partial charge in [-0.15, -0.1) is 0 Å². The zero-order valence-corrected chi connectivity index (χ0v) is 17.3. The maximum atomic E-state index is 13.4. The zero-order valence-electron chi connectivity index (χ0n) is 17.3. The van der Waals surface area contributed by atoms with Crippen molar-refractivity contribution in [1.29, 1.82) is 0 Å². The standard InChI is InChI=1S/C20H24O11/c1-5-12(24)28-11-8(22)18-10-6(21)7(16(2,3)4)17(18)9(23)13(25)30-15(17)31-20(18,14(26)29-10)19(5,11)27/h5-11,15,21-23,27H,1-4H3/t5-,6-,7?,8+,9+,10?,11?,15?,17?,18?,19-,20?/m1/s1. The first-order valence-electron chi connectivity index (χ1n) is 10.3. The third kappa shape index (κ3) is 1.43. The second-order valence-corrected chi connectivity index (χ2v) is 10.8. The molecule has 0 radical (unpaired) electrons. The third-order valence-corrected chi connectivity index (χ3v) is 8.95. The van der Waals surface area contributed by atoms with Crippen molar-refractivity contribution in [1.82, 2.24) is 0 Å². The van der Waals surface area contributed by atoms with Gasteiger partial charge in [-0.2, -0.15) is 0 Å². The summed E-state index contributed by atoms with van der Waals surface area (Å²) in [6, 6.07) is 0. The second kappa shape index (κ2) is 4.91. The first kappa shape index (κ1) is 19.9. The van der Waals surface area contributed by atoms with E-state index in [1.165, 1.54) is 6.92 Å². The van der Waals surface area contributed by atoms with Crippen molar-refractivity contribution in [2.24, 2.45) is 28.1 Å². The van der Waals surface area contributed by atoms with Gasteiger partial charge < -0.3 is 39.4 Å². The minimum Gasteiger partial charge on any atom is -0.456 e. The molecule has 12 atom stereocenters. The Bertz CT molecular complexity index is 957. The molecule has 4 N–H and O–H groups in total. The molecule has 0 aromatic rings. The number of esters is 3. The molecule has 11 heteroatoms. The Balaban J connectivity index is 1.75. The first-order valence-corrected chi connectivity index (χ1v) is 10.3. The lowest BCUT2D eigenvalue weighted by atomic mass is 9.51. The van der Waals surface area contributed by atoms with Crippen molar-refractivity contribution >= 4 is 17.9 Å². The van der Waals surface area contributed by atoms with Crippen molar-refractivity contribution in [2.45, 2.75) is 75.7 Å². The van der Waals surface area contributed by atoms with Crippen LogP contribution >= 0.6 is 0 Å². The number of carbonyl (C=O) groups is 3. The molecule has 4 saturated heterocycles. The predicted molar refractivity (Wildman–Crippen MR) is 93.4 cm³/mol. The second-order valence-electron chi connectivity index (χ2n) is 10.8. The molecule has 0 bridgehead atoms. The molecule has 2 aliphatic carbocycles. The van der Waals surface area contributed by atoms with E-state index in [-0.39, 0.29) is 0 Å². The van der Waals surface area contributed by atoms with Crippen molar-refractivity contribution < 1.29 is 53.8 Å². The Labute approximate surface area is 176 Å². The molecule has 6 rings (SSSR count). The van der Waals surface area contributed by atoms with Gasteiger partial charge in [-0.05, 0) is 12.3 Å². The molecular weight excluding hydrogens is 416 g/mol. The largest absolute Gasteiger partial charge is 0.456 e. The SMILES string of the molecule is C[C@@H]1C(=O)OC2[C@H](O)C34C5OC(=O)C3(OC3OC(=O)[C@H](O)C34C(C(C)(C)C)[C@H]5O)[C@]21O. The van der Waals surface area contributed by atoms with Gasteiger partial charge in [0.2, 0.25) is 11.9 Å². The van der Waals surface area contributed by atoms with Crippen LogP contribution in [0.4, 0.5) is 0 Å². The number of hydrogen-bond donors (Lipinski definition) is 4. The normalized spacial score (nSPS) is 61.0. The number of rotatable bonds is 0. The van der Waals surface area contributed by atoms with Gasteiger partial charge in [0.1, 0.15) is 12.2 Å². The van der Waals surface area contributed by atoms with Gasteiger partial charge in [0, 0.05) is 5.92 Å². The summed E-state index contributed by atoms with van der Waals surface area (Å²) >= 11 is 0. The summed E-state index contributed by atoms with van der Waals surface area (Å²) in [7, 11) is 0. The first-order chi connectivity index (χ1) is 14.3. The fourth-order valence-corrected chi connectivity index (χ4v) is 8.27. The highest BCUT2D eigenvalue weighted by Crippen LogP contribution is 2.84. The predicted octanol–water partition coefficient (Wildman–Crippen LogP) is -2.40. The summed E-state index contributed by atoms with van der Waals surface area (Å²) in [5.74, 6) is -5.22. The Hall–Kier alpha value is -1.79. The molecule has 0 aromatic heterocycles. The Morgan fingerprint density at radius 2 is 1.58 bits per heavy atom. The number of aliphatic hydroxyl groups is 4. The van der Waals surface area contributed by atoms with Gasteiger partial charge in [-0.25, -0.2) is 9.59 Å². The molecule has 0 aromatic carbocycles. The number of hydrogen-bond acceptors (Lipinski definition) is 11. The fourth-order valence-electron chi connectivity index (χ4n) is 8.27. The topological polar surface area (TPSA) is 169 Å². The van der Waals surface area contributed by atoms with Crippen LogP contribution in [0.5, 0.6) is 0 Å². The quantitative estimate of drug-likeness (QED) is 0.234. The smallest absolute Gasteiger partial charge is 0.343 e. The van der Waals surface area contributed by atoms with E-state index in [4.69, 9.17) is 18.9 Å². The molecule has 4 aliphatic heterocycles. The molecule has 2 spiro atoms. The highest BCUT2D eigenvalue weighted by Gasteiger charge is 3.05. The average Bonchev–Trinajstić information content (AvgIpc) is 3.35. The van der Waals surface area contributed by atoms with E-state index in [9.17, 15) is 34.8 Å². The van der Waals surface area contributed by atoms with Crippen LogP contribution in [0.3, 0.4) is 0 Å².